The van der Waals surface area contributed by atoms with Gasteiger partial charge in [-0.15, -0.1) is 0 Å². The first-order chi connectivity index (χ1) is 13.0. The molecule has 0 saturated carbocycles. The highest BCUT2D eigenvalue weighted by Crippen LogP contribution is 2.26. The smallest absolute Gasteiger partial charge is 0.271 e. The predicted molar refractivity (Wildman–Crippen MR) is 105 cm³/mol. The number of hydrogen-bond donors (Lipinski definition) is 1. The van der Waals surface area contributed by atoms with Gasteiger partial charge in [-0.2, -0.15) is 0 Å². The molecule has 1 atom stereocenters. The van der Waals surface area contributed by atoms with Gasteiger partial charge in [0.25, 0.3) is 5.69 Å². The van der Waals surface area contributed by atoms with Crippen LogP contribution in [0.3, 0.4) is 0 Å². The number of nitrogens with zero attached hydrogens (tertiary/aromatic N) is 2. The van der Waals surface area contributed by atoms with Crippen LogP contribution in [-0.4, -0.2) is 37.3 Å². The lowest BCUT2D eigenvalue weighted by molar-refractivity contribution is -0.384. The number of benzene rings is 2. The number of carbonyl (C=O) groups excluding carboxylic acids is 2. The van der Waals surface area contributed by atoms with E-state index in [1.54, 1.807) is 18.2 Å². The van der Waals surface area contributed by atoms with Gasteiger partial charge in [-0.25, -0.2) is 8.42 Å². The summed E-state index contributed by atoms with van der Waals surface area (Å²) in [6.45, 7) is 2.75. The Bertz CT molecular complexity index is 1040. The third kappa shape index (κ3) is 4.92. The molecule has 2 aromatic carbocycles. The van der Waals surface area contributed by atoms with Crippen LogP contribution in [0.1, 0.15) is 24.2 Å². The van der Waals surface area contributed by atoms with Crippen LogP contribution < -0.4 is 9.62 Å². The zero-order chi connectivity index (χ0) is 21.1. The highest BCUT2D eigenvalue weighted by atomic mass is 32.2. The Morgan fingerprint density at radius 2 is 1.79 bits per heavy atom. The number of rotatable bonds is 7. The topological polar surface area (TPSA) is 127 Å². The van der Waals surface area contributed by atoms with E-state index in [9.17, 15) is 28.1 Å². The minimum Gasteiger partial charge on any atom is -0.324 e. The molecule has 0 radical (unpaired) electrons. The Labute approximate surface area is 162 Å². The molecule has 0 heterocycles. The molecule has 9 nitrogen and oxygen atoms in total. The molecule has 1 unspecified atom stereocenters. The fourth-order valence-corrected chi connectivity index (χ4v) is 3.78. The van der Waals surface area contributed by atoms with E-state index in [0.29, 0.717) is 11.3 Å². The Morgan fingerprint density at radius 1 is 1.14 bits per heavy atom. The average molecular weight is 405 g/mol. The van der Waals surface area contributed by atoms with Gasteiger partial charge < -0.3 is 5.32 Å². The normalized spacial score (nSPS) is 12.1. The Kier molecular flexibility index (Phi) is 6.14. The lowest BCUT2D eigenvalue weighted by Gasteiger charge is -2.28. The highest BCUT2D eigenvalue weighted by Gasteiger charge is 2.30. The second-order valence-electron chi connectivity index (χ2n) is 6.14. The van der Waals surface area contributed by atoms with Crippen molar-refractivity contribution in [2.24, 2.45) is 0 Å². The number of non-ortho nitro benzene ring substituents is 1. The summed E-state index contributed by atoms with van der Waals surface area (Å²) in [5.74, 6) is -0.837. The van der Waals surface area contributed by atoms with E-state index in [1.807, 2.05) is 0 Å². The molecule has 0 bridgehead atoms. The number of carbonyl (C=O) groups is 2. The first kappa shape index (κ1) is 21.0. The number of sulfonamides is 1. The molecule has 2 rings (SSSR count). The van der Waals surface area contributed by atoms with Gasteiger partial charge in [-0.05, 0) is 32.0 Å². The SMILES string of the molecule is CC(=O)c1cccc(NC(=O)C(C)N(c2cccc([N+](=O)[O-])c2)S(C)(=O)=O)c1. The van der Waals surface area contributed by atoms with Gasteiger partial charge in [0.2, 0.25) is 15.9 Å². The summed E-state index contributed by atoms with van der Waals surface area (Å²) in [5.41, 5.74) is 0.422. The largest absolute Gasteiger partial charge is 0.324 e. The van der Waals surface area contributed by atoms with E-state index >= 15 is 0 Å². The number of ketones is 1. The maximum Gasteiger partial charge on any atom is 0.271 e. The number of amides is 1. The van der Waals surface area contributed by atoms with Crippen molar-refractivity contribution in [1.82, 2.24) is 0 Å². The molecule has 0 spiro atoms. The monoisotopic (exact) mass is 405 g/mol. The summed E-state index contributed by atoms with van der Waals surface area (Å²) in [7, 11) is -3.92. The van der Waals surface area contributed by atoms with Crippen molar-refractivity contribution in [3.8, 4) is 0 Å². The zero-order valence-electron chi connectivity index (χ0n) is 15.4. The van der Waals surface area contributed by atoms with Crippen LogP contribution >= 0.6 is 0 Å². The van der Waals surface area contributed by atoms with Crippen LogP contribution in [0.4, 0.5) is 17.1 Å². The number of nitro groups is 1. The van der Waals surface area contributed by atoms with E-state index in [1.165, 1.54) is 38.1 Å². The van der Waals surface area contributed by atoms with Crippen LogP contribution in [0.2, 0.25) is 0 Å². The number of nitrogens with one attached hydrogen (secondary N) is 1. The first-order valence-electron chi connectivity index (χ1n) is 8.16. The predicted octanol–water partition coefficient (Wildman–Crippen LogP) is 2.59. The van der Waals surface area contributed by atoms with Crippen molar-refractivity contribution in [3.63, 3.8) is 0 Å². The van der Waals surface area contributed by atoms with Gasteiger partial charge in [0, 0.05) is 23.4 Å². The van der Waals surface area contributed by atoms with E-state index in [4.69, 9.17) is 0 Å². The standard InChI is InChI=1S/C18H19N3O6S/c1-12(18(23)19-15-7-4-6-14(10-15)13(2)22)20(28(3,26)27)16-8-5-9-17(11-16)21(24)25/h4-12H,1-3H3,(H,19,23). The molecule has 0 aliphatic rings. The third-order valence-corrected chi connectivity index (χ3v) is 5.16. The van der Waals surface area contributed by atoms with Crippen molar-refractivity contribution >= 4 is 38.8 Å². The van der Waals surface area contributed by atoms with Crippen molar-refractivity contribution in [3.05, 3.63) is 64.2 Å². The Morgan fingerprint density at radius 3 is 2.36 bits per heavy atom. The number of hydrogen-bond acceptors (Lipinski definition) is 6. The molecule has 0 aliphatic carbocycles. The number of Topliss-reactive ketones (excluding diaryl/α,β-unsaturated/α-hetero) is 1. The molecule has 10 heteroatoms. The second-order valence-corrected chi connectivity index (χ2v) is 8.00. The van der Waals surface area contributed by atoms with E-state index < -0.39 is 26.9 Å². The van der Waals surface area contributed by atoms with Crippen molar-refractivity contribution in [1.29, 1.82) is 0 Å². The minimum atomic E-state index is -3.92. The molecule has 2 aromatic rings. The maximum atomic E-state index is 12.6. The van der Waals surface area contributed by atoms with Gasteiger partial charge >= 0.3 is 0 Å². The second kappa shape index (κ2) is 8.17. The Hall–Kier alpha value is -3.27. The van der Waals surface area contributed by atoms with Gasteiger partial charge in [0.1, 0.15) is 6.04 Å². The fraction of sp³-hybridized carbons (Fsp3) is 0.222. The maximum absolute atomic E-state index is 12.6. The molecule has 1 amide bonds. The zero-order valence-corrected chi connectivity index (χ0v) is 16.3. The fourth-order valence-electron chi connectivity index (χ4n) is 2.62. The van der Waals surface area contributed by atoms with Crippen molar-refractivity contribution in [2.45, 2.75) is 19.9 Å². The lowest BCUT2D eigenvalue weighted by Crippen LogP contribution is -2.45. The number of nitro benzene ring substituents is 1. The van der Waals surface area contributed by atoms with Crippen LogP contribution in [0.25, 0.3) is 0 Å². The number of anilines is 2. The molecule has 148 valence electrons. The third-order valence-electron chi connectivity index (χ3n) is 3.92. The molecule has 0 aromatic heterocycles. The van der Waals surface area contributed by atoms with Crippen molar-refractivity contribution < 1.29 is 22.9 Å². The molecule has 0 aliphatic heterocycles. The summed E-state index contributed by atoms with van der Waals surface area (Å²) in [5, 5.41) is 13.6. The molecule has 0 fully saturated rings. The van der Waals surface area contributed by atoms with Gasteiger partial charge in [-0.3, -0.25) is 24.0 Å². The lowest BCUT2D eigenvalue weighted by atomic mass is 10.1. The van der Waals surface area contributed by atoms with Crippen LogP contribution in [-0.2, 0) is 14.8 Å². The van der Waals surface area contributed by atoms with Crippen molar-refractivity contribution in [2.75, 3.05) is 15.9 Å². The average Bonchev–Trinajstić information content (AvgIpc) is 2.61. The van der Waals surface area contributed by atoms with Gasteiger partial charge in [0.05, 0.1) is 16.9 Å². The minimum absolute atomic E-state index is 0.00293. The highest BCUT2D eigenvalue weighted by molar-refractivity contribution is 7.92. The molecule has 1 N–H and O–H groups in total. The van der Waals surface area contributed by atoms with Gasteiger partial charge in [0.15, 0.2) is 5.78 Å². The first-order valence-corrected chi connectivity index (χ1v) is 10.0. The van der Waals surface area contributed by atoms with Crippen LogP contribution in [0.5, 0.6) is 0 Å². The quantitative estimate of drug-likeness (QED) is 0.428. The summed E-state index contributed by atoms with van der Waals surface area (Å²) in [4.78, 5) is 34.4. The van der Waals surface area contributed by atoms with E-state index in [2.05, 4.69) is 5.32 Å². The Balaban J connectivity index is 2.36. The molecular formula is C18H19N3O6S. The summed E-state index contributed by atoms with van der Waals surface area (Å²) in [6.07, 6.45) is 0.909. The summed E-state index contributed by atoms with van der Waals surface area (Å²) in [6, 6.07) is 10.0. The van der Waals surface area contributed by atoms with Crippen LogP contribution in [0.15, 0.2) is 48.5 Å². The summed E-state index contributed by atoms with van der Waals surface area (Å²) >= 11 is 0. The van der Waals surface area contributed by atoms with Gasteiger partial charge in [-0.1, -0.05) is 18.2 Å². The molecular weight excluding hydrogens is 386 g/mol. The van der Waals surface area contributed by atoms with E-state index in [-0.39, 0.29) is 17.2 Å². The molecule has 0 saturated heterocycles. The molecule has 28 heavy (non-hydrogen) atoms. The van der Waals surface area contributed by atoms with E-state index in [0.717, 1.165) is 16.6 Å². The summed E-state index contributed by atoms with van der Waals surface area (Å²) < 4.78 is 25.4. The van der Waals surface area contributed by atoms with Crippen LogP contribution in [0, 0.1) is 10.1 Å².